The third-order valence-corrected chi connectivity index (χ3v) is 3.32. The minimum absolute atomic E-state index is 0.601. The van der Waals surface area contributed by atoms with Crippen LogP contribution in [0, 0.1) is 0 Å². The summed E-state index contributed by atoms with van der Waals surface area (Å²) in [7, 11) is 1.54. The molecule has 19 heavy (non-hydrogen) atoms. The number of rotatable bonds is 5. The summed E-state index contributed by atoms with van der Waals surface area (Å²) in [6.07, 6.45) is -4.39. The summed E-state index contributed by atoms with van der Waals surface area (Å²) in [6, 6.07) is 6.94. The van der Waals surface area contributed by atoms with Gasteiger partial charge in [-0.3, -0.25) is 4.79 Å². The molecule has 0 saturated carbocycles. The summed E-state index contributed by atoms with van der Waals surface area (Å²) in [5, 5.41) is 1.25. The predicted molar refractivity (Wildman–Crippen MR) is 67.4 cm³/mol. The summed E-state index contributed by atoms with van der Waals surface area (Å²) in [4.78, 5) is 12.2. The van der Waals surface area contributed by atoms with Crippen LogP contribution in [-0.2, 0) is 4.79 Å². The third kappa shape index (κ3) is 5.87. The van der Waals surface area contributed by atoms with Crippen LogP contribution in [0.2, 0.25) is 0 Å². The number of carbonyl (C=O) groups excluding carboxylic acids is 1. The number of thioether (sulfide) groups is 1. The van der Waals surface area contributed by atoms with Crippen LogP contribution in [0.1, 0.15) is 6.92 Å². The van der Waals surface area contributed by atoms with Crippen molar-refractivity contribution in [2.45, 2.75) is 23.2 Å². The van der Waals surface area contributed by atoms with Gasteiger partial charge in [0.05, 0.1) is 12.4 Å². The van der Waals surface area contributed by atoms with Gasteiger partial charge in [-0.25, -0.2) is 0 Å². The van der Waals surface area contributed by atoms with Gasteiger partial charge < -0.3 is 10.1 Å². The van der Waals surface area contributed by atoms with E-state index in [-0.39, 0.29) is 0 Å². The van der Waals surface area contributed by atoms with Gasteiger partial charge in [0.2, 0.25) is 5.91 Å². The Morgan fingerprint density at radius 1 is 1.37 bits per heavy atom. The summed E-state index contributed by atoms with van der Waals surface area (Å²) in [5.41, 5.74) is 0. The lowest BCUT2D eigenvalue weighted by atomic mass is 10.3. The van der Waals surface area contributed by atoms with Gasteiger partial charge in [-0.15, -0.1) is 11.8 Å². The first-order valence-electron chi connectivity index (χ1n) is 5.47. The Labute approximate surface area is 113 Å². The average Bonchev–Trinajstić information content (AvgIpc) is 2.36. The Hall–Kier alpha value is -1.37. The number of methoxy groups -OCH3 is 1. The van der Waals surface area contributed by atoms with Crippen LogP contribution < -0.4 is 10.1 Å². The number of alkyl halides is 3. The zero-order valence-electron chi connectivity index (χ0n) is 10.5. The molecule has 3 nitrogen and oxygen atoms in total. The lowest BCUT2D eigenvalue weighted by molar-refractivity contribution is -0.137. The standard InChI is InChI=1S/C12H14F3NO2S/c1-8(11(17)16-7-12(13,14)15)19-10-5-3-9(18-2)4-6-10/h3-6,8H,7H2,1-2H3,(H,16,17). The van der Waals surface area contributed by atoms with Crippen LogP contribution in [0.3, 0.4) is 0 Å². The zero-order valence-corrected chi connectivity index (χ0v) is 11.3. The fourth-order valence-corrected chi connectivity index (χ4v) is 2.13. The summed E-state index contributed by atoms with van der Waals surface area (Å²) >= 11 is 1.19. The first kappa shape index (κ1) is 15.7. The van der Waals surface area contributed by atoms with Crippen LogP contribution in [0.15, 0.2) is 29.2 Å². The Kier molecular flexibility index (Phi) is 5.53. The fraction of sp³-hybridized carbons (Fsp3) is 0.417. The van der Waals surface area contributed by atoms with Crippen molar-refractivity contribution in [1.82, 2.24) is 5.32 Å². The van der Waals surface area contributed by atoms with E-state index in [1.165, 1.54) is 18.9 Å². The van der Waals surface area contributed by atoms with E-state index in [0.717, 1.165) is 4.90 Å². The van der Waals surface area contributed by atoms with E-state index < -0.39 is 23.9 Å². The van der Waals surface area contributed by atoms with Crippen molar-refractivity contribution in [3.63, 3.8) is 0 Å². The Bertz CT molecular complexity index is 420. The van der Waals surface area contributed by atoms with Gasteiger partial charge >= 0.3 is 6.18 Å². The number of amides is 1. The van der Waals surface area contributed by atoms with E-state index in [4.69, 9.17) is 4.74 Å². The van der Waals surface area contributed by atoms with Crippen molar-refractivity contribution < 1.29 is 22.7 Å². The van der Waals surface area contributed by atoms with Gasteiger partial charge in [-0.1, -0.05) is 0 Å². The molecule has 0 saturated heterocycles. The highest BCUT2D eigenvalue weighted by molar-refractivity contribution is 8.00. The van der Waals surface area contributed by atoms with Crippen molar-refractivity contribution >= 4 is 17.7 Å². The molecule has 1 rings (SSSR count). The lowest BCUT2D eigenvalue weighted by Gasteiger charge is -2.13. The van der Waals surface area contributed by atoms with Gasteiger partial charge in [-0.2, -0.15) is 13.2 Å². The maximum absolute atomic E-state index is 12.0. The number of carbonyl (C=O) groups is 1. The Morgan fingerprint density at radius 3 is 2.42 bits per heavy atom. The fourth-order valence-electron chi connectivity index (χ4n) is 1.24. The number of hydrogen-bond acceptors (Lipinski definition) is 3. The molecule has 0 aromatic heterocycles. The highest BCUT2D eigenvalue weighted by atomic mass is 32.2. The maximum Gasteiger partial charge on any atom is 0.405 e. The number of benzene rings is 1. The number of halogens is 3. The van der Waals surface area contributed by atoms with Crippen molar-refractivity contribution in [3.8, 4) is 5.75 Å². The van der Waals surface area contributed by atoms with Crippen molar-refractivity contribution in [2.24, 2.45) is 0 Å². The molecular formula is C12H14F3NO2S. The molecule has 1 aromatic rings. The first-order valence-corrected chi connectivity index (χ1v) is 6.35. The molecular weight excluding hydrogens is 279 g/mol. The molecule has 1 aromatic carbocycles. The molecule has 0 aliphatic carbocycles. The molecule has 1 atom stereocenters. The van der Waals surface area contributed by atoms with E-state index in [9.17, 15) is 18.0 Å². The lowest BCUT2D eigenvalue weighted by Crippen LogP contribution is -2.37. The van der Waals surface area contributed by atoms with E-state index in [1.807, 2.05) is 5.32 Å². The second-order valence-electron chi connectivity index (χ2n) is 3.77. The Morgan fingerprint density at radius 2 is 1.95 bits per heavy atom. The van der Waals surface area contributed by atoms with Crippen LogP contribution in [0.5, 0.6) is 5.75 Å². The second kappa shape index (κ2) is 6.70. The van der Waals surface area contributed by atoms with Crippen molar-refractivity contribution in [1.29, 1.82) is 0 Å². The quantitative estimate of drug-likeness (QED) is 0.848. The van der Waals surface area contributed by atoms with E-state index in [0.29, 0.717) is 5.75 Å². The minimum Gasteiger partial charge on any atom is -0.497 e. The third-order valence-electron chi connectivity index (χ3n) is 2.20. The average molecular weight is 293 g/mol. The Balaban J connectivity index is 2.49. The molecule has 0 spiro atoms. The molecule has 0 aliphatic heterocycles. The van der Waals surface area contributed by atoms with Gasteiger partial charge in [-0.05, 0) is 31.2 Å². The highest BCUT2D eigenvalue weighted by Crippen LogP contribution is 2.25. The molecule has 0 fully saturated rings. The molecule has 0 bridgehead atoms. The second-order valence-corrected chi connectivity index (χ2v) is 5.18. The van der Waals surface area contributed by atoms with Crippen LogP contribution >= 0.6 is 11.8 Å². The topological polar surface area (TPSA) is 38.3 Å². The van der Waals surface area contributed by atoms with Crippen LogP contribution in [0.4, 0.5) is 13.2 Å². The molecule has 1 amide bonds. The summed E-state index contributed by atoms with van der Waals surface area (Å²) in [6.45, 7) is 0.250. The molecule has 106 valence electrons. The molecule has 1 unspecified atom stereocenters. The van der Waals surface area contributed by atoms with Crippen LogP contribution in [0.25, 0.3) is 0 Å². The molecule has 0 heterocycles. The minimum atomic E-state index is -4.39. The number of ether oxygens (including phenoxy) is 1. The zero-order chi connectivity index (χ0) is 14.5. The van der Waals surface area contributed by atoms with Crippen LogP contribution in [-0.4, -0.2) is 31.0 Å². The maximum atomic E-state index is 12.0. The molecule has 0 aliphatic rings. The van der Waals surface area contributed by atoms with Gasteiger partial charge in [0, 0.05) is 4.90 Å². The number of hydrogen-bond donors (Lipinski definition) is 1. The normalized spacial score (nSPS) is 12.9. The van der Waals surface area contributed by atoms with Crippen molar-refractivity contribution in [2.75, 3.05) is 13.7 Å². The van der Waals surface area contributed by atoms with E-state index in [2.05, 4.69) is 0 Å². The largest absolute Gasteiger partial charge is 0.497 e. The highest BCUT2D eigenvalue weighted by Gasteiger charge is 2.28. The number of nitrogens with one attached hydrogen (secondary N) is 1. The van der Waals surface area contributed by atoms with Gasteiger partial charge in [0.25, 0.3) is 0 Å². The summed E-state index contributed by atoms with van der Waals surface area (Å²) in [5.74, 6) is 0.0386. The SMILES string of the molecule is COc1ccc(SC(C)C(=O)NCC(F)(F)F)cc1. The smallest absolute Gasteiger partial charge is 0.405 e. The summed E-state index contributed by atoms with van der Waals surface area (Å²) < 4.78 is 40.8. The molecule has 1 N–H and O–H groups in total. The van der Waals surface area contributed by atoms with E-state index >= 15 is 0 Å². The molecule has 7 heteroatoms. The molecule has 0 radical (unpaired) electrons. The van der Waals surface area contributed by atoms with Crippen molar-refractivity contribution in [3.05, 3.63) is 24.3 Å². The van der Waals surface area contributed by atoms with E-state index in [1.54, 1.807) is 31.2 Å². The van der Waals surface area contributed by atoms with Gasteiger partial charge in [0.1, 0.15) is 12.3 Å². The monoisotopic (exact) mass is 293 g/mol. The first-order chi connectivity index (χ1) is 8.81. The van der Waals surface area contributed by atoms with Gasteiger partial charge in [0.15, 0.2) is 0 Å². The predicted octanol–water partition coefficient (Wildman–Crippen LogP) is 2.85.